The molecule has 0 heterocycles. The van der Waals surface area contributed by atoms with Crippen molar-refractivity contribution < 1.29 is 29.0 Å². The summed E-state index contributed by atoms with van der Waals surface area (Å²) < 4.78 is 4.78. The third-order valence-corrected chi connectivity index (χ3v) is 9.93. The quantitative estimate of drug-likeness (QED) is 0.0439. The maximum absolute atomic E-state index is 8.97. The van der Waals surface area contributed by atoms with Crippen molar-refractivity contribution in [1.82, 2.24) is 0 Å². The van der Waals surface area contributed by atoms with Crippen molar-refractivity contribution in [3.63, 3.8) is 0 Å². The summed E-state index contributed by atoms with van der Waals surface area (Å²) in [6, 6.07) is 42.8. The fraction of sp³-hybridized carbons (Fsp3) is 0.400. The zero-order chi connectivity index (χ0) is 34.3. The Kier molecular flexibility index (Phi) is 19.8. The molecule has 260 valence electrons. The summed E-state index contributed by atoms with van der Waals surface area (Å²) in [5.74, 6) is 0.890. The van der Waals surface area contributed by atoms with Gasteiger partial charge in [-0.25, -0.2) is 0 Å². The molecule has 0 aromatic heterocycles. The molecule has 0 fully saturated rings. The molecule has 0 aliphatic rings. The van der Waals surface area contributed by atoms with Gasteiger partial charge in [-0.3, -0.25) is 0 Å². The van der Waals surface area contributed by atoms with E-state index in [4.69, 9.17) is 29.0 Å². The highest BCUT2D eigenvalue weighted by Gasteiger charge is 2.27. The Morgan fingerprint density at radius 1 is 0.438 bits per heavy atom. The molecule has 8 heteroatoms. The maximum Gasteiger partial charge on any atom is 0.403 e. The minimum absolute atomic E-state index is 0.129. The van der Waals surface area contributed by atoms with Crippen molar-refractivity contribution in [3.05, 3.63) is 144 Å². The van der Waals surface area contributed by atoms with Crippen LogP contribution in [0.1, 0.15) is 111 Å². The van der Waals surface area contributed by atoms with Gasteiger partial charge in [0.15, 0.2) is 0 Å². The molecule has 4 aromatic carbocycles. The van der Waals surface area contributed by atoms with Crippen LogP contribution in [0, 0.1) is 0 Å². The second-order valence-electron chi connectivity index (χ2n) is 12.4. The summed E-state index contributed by atoms with van der Waals surface area (Å²) in [5, 5.41) is 0. The summed E-state index contributed by atoms with van der Waals surface area (Å²) in [4.78, 5) is 44.2. The summed E-state index contributed by atoms with van der Waals surface area (Å²) in [6.45, 7) is 0.440. The summed E-state index contributed by atoms with van der Waals surface area (Å²) >= 11 is 0. The SMILES string of the molecule is OP(O)OCCCCCCCC(c1ccccc1)c1ccccc1.O[P+](O)(O)CCCCCCCC(c1ccccc1)c1ccccc1. The van der Waals surface area contributed by atoms with Gasteiger partial charge in [0.2, 0.25) is 0 Å². The second-order valence-corrected chi connectivity index (χ2v) is 15.0. The van der Waals surface area contributed by atoms with Crippen LogP contribution < -0.4 is 0 Å². The number of rotatable bonds is 21. The number of unbranched alkanes of at least 4 members (excludes halogenated alkanes) is 8. The highest BCUT2D eigenvalue weighted by molar-refractivity contribution is 7.58. The maximum atomic E-state index is 8.97. The van der Waals surface area contributed by atoms with Gasteiger partial charge in [-0.05, 0) is 54.4 Å². The predicted octanol–water partition coefficient (Wildman–Crippen LogP) is 10.3. The summed E-state index contributed by atoms with van der Waals surface area (Å²) in [6.07, 6.45) is 12.9. The van der Waals surface area contributed by atoms with Crippen LogP contribution in [-0.2, 0) is 4.52 Å². The monoisotopic (exact) mass is 693 g/mol. The standard InChI is InChI=1S/C20H28O3P.C20H27O3P/c21-24(22,23)17-11-3-1-2-10-16-20(18-12-6-4-7-13-18)19-14-8-5-9-15-19;21-24(22)23-17-11-3-1-2-10-16-20(18-12-6-4-7-13-18)19-14-8-5-9-15-19/h4-9,12-15,20-23H,1-3,10-11,16-17H2;4-9,12-15,20-22H,1-3,10-11,16-17H2/q+1;. The van der Waals surface area contributed by atoms with E-state index < -0.39 is 16.5 Å². The molecule has 4 rings (SSSR count). The van der Waals surface area contributed by atoms with Gasteiger partial charge in [-0.2, -0.15) is 14.7 Å². The Hall–Kier alpha value is -2.50. The Labute approximate surface area is 290 Å². The van der Waals surface area contributed by atoms with Gasteiger partial charge in [0, 0.05) is 11.8 Å². The lowest BCUT2D eigenvalue weighted by molar-refractivity contribution is 0.248. The van der Waals surface area contributed by atoms with Crippen molar-refractivity contribution in [2.75, 3.05) is 12.8 Å². The fourth-order valence-electron chi connectivity index (χ4n) is 6.12. The zero-order valence-corrected chi connectivity index (χ0v) is 29.9. The first-order valence-electron chi connectivity index (χ1n) is 17.4. The highest BCUT2D eigenvalue weighted by atomic mass is 31.2. The van der Waals surface area contributed by atoms with E-state index in [1.54, 1.807) is 0 Å². The molecule has 5 N–H and O–H groups in total. The predicted molar refractivity (Wildman–Crippen MR) is 201 cm³/mol. The van der Waals surface area contributed by atoms with Crippen molar-refractivity contribution in [1.29, 1.82) is 0 Å². The molecule has 0 saturated carbocycles. The van der Waals surface area contributed by atoms with Gasteiger partial charge in [0.1, 0.15) is 6.16 Å². The van der Waals surface area contributed by atoms with Crippen LogP contribution in [0.3, 0.4) is 0 Å². The number of hydrogen-bond donors (Lipinski definition) is 5. The van der Waals surface area contributed by atoms with Crippen molar-refractivity contribution in [2.45, 2.75) is 88.9 Å². The van der Waals surface area contributed by atoms with E-state index in [-0.39, 0.29) is 6.16 Å². The van der Waals surface area contributed by atoms with Crippen molar-refractivity contribution in [3.8, 4) is 0 Å². The van der Waals surface area contributed by atoms with E-state index in [1.807, 2.05) is 0 Å². The van der Waals surface area contributed by atoms with E-state index in [9.17, 15) is 0 Å². The molecule has 0 amide bonds. The Bertz CT molecular complexity index is 1240. The summed E-state index contributed by atoms with van der Waals surface area (Å²) in [7, 11) is -5.76. The average molecular weight is 694 g/mol. The average Bonchev–Trinajstić information content (AvgIpc) is 3.10. The lowest BCUT2D eigenvalue weighted by atomic mass is 9.87. The Morgan fingerprint density at radius 2 is 0.750 bits per heavy atom. The molecule has 0 aliphatic heterocycles. The second kappa shape index (κ2) is 23.8. The molecule has 0 unspecified atom stereocenters. The van der Waals surface area contributed by atoms with Gasteiger partial charge >= 0.3 is 16.5 Å². The van der Waals surface area contributed by atoms with Gasteiger partial charge in [-0.15, -0.1) is 0 Å². The lowest BCUT2D eigenvalue weighted by Crippen LogP contribution is -2.01. The molecule has 0 spiro atoms. The molecule has 4 aromatic rings. The van der Waals surface area contributed by atoms with Crippen LogP contribution >= 0.6 is 16.5 Å². The van der Waals surface area contributed by atoms with Crippen LogP contribution in [0.2, 0.25) is 0 Å². The number of hydrogen-bond acceptors (Lipinski definition) is 6. The van der Waals surface area contributed by atoms with Gasteiger partial charge in [0.05, 0.1) is 6.61 Å². The van der Waals surface area contributed by atoms with Gasteiger partial charge < -0.3 is 14.3 Å². The van der Waals surface area contributed by atoms with E-state index in [1.165, 1.54) is 35.1 Å². The smallest absolute Gasteiger partial charge is 0.328 e. The molecule has 0 aliphatic carbocycles. The summed E-state index contributed by atoms with van der Waals surface area (Å²) in [5.41, 5.74) is 5.49. The van der Waals surface area contributed by atoms with Gasteiger partial charge in [-0.1, -0.05) is 166 Å². The van der Waals surface area contributed by atoms with Crippen molar-refractivity contribution >= 4 is 16.5 Å². The van der Waals surface area contributed by atoms with Gasteiger partial charge in [0.25, 0.3) is 0 Å². The molecule has 0 atom stereocenters. The molecular formula is C40H55O6P2+. The minimum Gasteiger partial charge on any atom is -0.328 e. The largest absolute Gasteiger partial charge is 0.403 e. The van der Waals surface area contributed by atoms with Crippen LogP contribution in [0.4, 0.5) is 0 Å². The molecule has 0 bridgehead atoms. The first-order chi connectivity index (χ1) is 23.3. The molecular weight excluding hydrogens is 638 g/mol. The van der Waals surface area contributed by atoms with Crippen LogP contribution in [0.25, 0.3) is 0 Å². The fourth-order valence-corrected chi connectivity index (χ4v) is 7.06. The van der Waals surface area contributed by atoms with Crippen molar-refractivity contribution in [2.24, 2.45) is 0 Å². The normalized spacial score (nSPS) is 11.6. The van der Waals surface area contributed by atoms with E-state index in [0.29, 0.717) is 24.9 Å². The van der Waals surface area contributed by atoms with E-state index in [0.717, 1.165) is 57.8 Å². The molecule has 0 radical (unpaired) electrons. The van der Waals surface area contributed by atoms with Crippen LogP contribution in [-0.4, -0.2) is 37.2 Å². The van der Waals surface area contributed by atoms with Crippen LogP contribution in [0.5, 0.6) is 0 Å². The Balaban J connectivity index is 0.000000260. The molecule has 6 nitrogen and oxygen atoms in total. The molecule has 0 saturated heterocycles. The zero-order valence-electron chi connectivity index (χ0n) is 28.1. The lowest BCUT2D eigenvalue weighted by Gasteiger charge is -2.18. The van der Waals surface area contributed by atoms with Crippen LogP contribution in [0.15, 0.2) is 121 Å². The van der Waals surface area contributed by atoms with E-state index >= 15 is 0 Å². The molecule has 48 heavy (non-hydrogen) atoms. The topological polar surface area (TPSA) is 110 Å². The number of benzene rings is 4. The first kappa shape index (κ1) is 39.9. The minimum atomic E-state index is -3.57. The Morgan fingerprint density at radius 3 is 1.08 bits per heavy atom. The highest BCUT2D eigenvalue weighted by Crippen LogP contribution is 2.45. The first-order valence-corrected chi connectivity index (χ1v) is 20.4. The third kappa shape index (κ3) is 17.2. The van der Waals surface area contributed by atoms with E-state index in [2.05, 4.69) is 121 Å². The third-order valence-electron chi connectivity index (χ3n) is 8.60.